The maximum absolute atomic E-state index is 12.8. The number of anilines is 2. The first kappa shape index (κ1) is 11.5. The highest BCUT2D eigenvalue weighted by Crippen LogP contribution is 2.22. The molecule has 1 aromatic heterocycles. The molecule has 0 aliphatic carbocycles. The van der Waals surface area contributed by atoms with E-state index in [1.807, 2.05) is 42.5 Å². The summed E-state index contributed by atoms with van der Waals surface area (Å²) in [5.41, 5.74) is 3.03. The van der Waals surface area contributed by atoms with Crippen molar-refractivity contribution in [3.63, 3.8) is 0 Å². The van der Waals surface area contributed by atoms with Crippen LogP contribution in [0.25, 0.3) is 11.3 Å². The summed E-state index contributed by atoms with van der Waals surface area (Å²) in [5, 5.41) is 3.20. The first-order valence-corrected chi connectivity index (χ1v) is 6.08. The van der Waals surface area contributed by atoms with E-state index >= 15 is 0 Å². The van der Waals surface area contributed by atoms with Gasteiger partial charge in [0.15, 0.2) is 0 Å². The maximum Gasteiger partial charge on any atom is 0.123 e. The molecule has 0 spiro atoms. The molecule has 0 amide bonds. The van der Waals surface area contributed by atoms with Gasteiger partial charge in [-0.15, -0.1) is 0 Å². The third-order valence-corrected chi connectivity index (χ3v) is 2.89. The second-order valence-corrected chi connectivity index (χ2v) is 4.28. The van der Waals surface area contributed by atoms with E-state index in [0.29, 0.717) is 0 Å². The van der Waals surface area contributed by atoms with Crippen LogP contribution in [-0.2, 0) is 0 Å². The second-order valence-electron chi connectivity index (χ2n) is 4.28. The molecule has 0 aliphatic rings. The minimum Gasteiger partial charge on any atom is -0.342 e. The predicted molar refractivity (Wildman–Crippen MR) is 75.9 cm³/mol. The van der Waals surface area contributed by atoms with Gasteiger partial charge in [0.2, 0.25) is 0 Å². The molecule has 0 bridgehead atoms. The SMILES string of the molecule is Fc1ccc(Nc2ccc(-c3ccccc3)[nH]2)cc1. The molecule has 0 saturated heterocycles. The third kappa shape index (κ3) is 2.65. The molecule has 19 heavy (non-hydrogen) atoms. The summed E-state index contributed by atoms with van der Waals surface area (Å²) in [6.45, 7) is 0. The van der Waals surface area contributed by atoms with Crippen molar-refractivity contribution in [3.05, 3.63) is 72.5 Å². The topological polar surface area (TPSA) is 27.8 Å². The Kier molecular flexibility index (Phi) is 3.02. The monoisotopic (exact) mass is 252 g/mol. The molecule has 3 heteroatoms. The molecule has 0 saturated carbocycles. The van der Waals surface area contributed by atoms with Gasteiger partial charge >= 0.3 is 0 Å². The fraction of sp³-hybridized carbons (Fsp3) is 0. The molecule has 2 nitrogen and oxygen atoms in total. The van der Waals surface area contributed by atoms with Crippen LogP contribution in [0.3, 0.4) is 0 Å². The van der Waals surface area contributed by atoms with Gasteiger partial charge in [-0.2, -0.15) is 0 Å². The average Bonchev–Trinajstić information content (AvgIpc) is 2.91. The lowest BCUT2D eigenvalue weighted by molar-refractivity contribution is 0.628. The molecule has 2 aromatic carbocycles. The summed E-state index contributed by atoms with van der Waals surface area (Å²) in [5.74, 6) is 0.646. The highest BCUT2D eigenvalue weighted by atomic mass is 19.1. The van der Waals surface area contributed by atoms with E-state index in [1.54, 1.807) is 12.1 Å². The van der Waals surface area contributed by atoms with Crippen molar-refractivity contribution in [2.24, 2.45) is 0 Å². The second kappa shape index (κ2) is 4.98. The number of halogens is 1. The van der Waals surface area contributed by atoms with Gasteiger partial charge in [0.1, 0.15) is 11.6 Å². The van der Waals surface area contributed by atoms with Gasteiger partial charge in [-0.25, -0.2) is 4.39 Å². The highest BCUT2D eigenvalue weighted by Gasteiger charge is 2.01. The number of aromatic nitrogens is 1. The van der Waals surface area contributed by atoms with E-state index in [2.05, 4.69) is 10.3 Å². The number of aromatic amines is 1. The van der Waals surface area contributed by atoms with Gasteiger partial charge in [-0.1, -0.05) is 30.3 Å². The quantitative estimate of drug-likeness (QED) is 0.702. The Morgan fingerprint density at radius 1 is 0.789 bits per heavy atom. The first-order chi connectivity index (χ1) is 9.31. The summed E-state index contributed by atoms with van der Waals surface area (Å²) in [6.07, 6.45) is 0. The number of hydrogen-bond donors (Lipinski definition) is 2. The molecule has 1 heterocycles. The Morgan fingerprint density at radius 2 is 1.53 bits per heavy atom. The van der Waals surface area contributed by atoms with Crippen LogP contribution in [-0.4, -0.2) is 4.98 Å². The van der Waals surface area contributed by atoms with Crippen LogP contribution in [0.4, 0.5) is 15.9 Å². The average molecular weight is 252 g/mol. The van der Waals surface area contributed by atoms with Crippen LogP contribution in [0.2, 0.25) is 0 Å². The van der Waals surface area contributed by atoms with Crippen molar-refractivity contribution in [2.75, 3.05) is 5.32 Å². The van der Waals surface area contributed by atoms with E-state index < -0.39 is 0 Å². The molecule has 0 fully saturated rings. The lowest BCUT2D eigenvalue weighted by Gasteiger charge is -2.03. The largest absolute Gasteiger partial charge is 0.342 e. The first-order valence-electron chi connectivity index (χ1n) is 6.08. The molecule has 0 unspecified atom stereocenters. The Hall–Kier alpha value is -2.55. The molecule has 3 rings (SSSR count). The number of H-pyrrole nitrogens is 1. The number of hydrogen-bond acceptors (Lipinski definition) is 1. The minimum atomic E-state index is -0.234. The van der Waals surface area contributed by atoms with Gasteiger partial charge in [0.25, 0.3) is 0 Å². The van der Waals surface area contributed by atoms with Crippen molar-refractivity contribution >= 4 is 11.5 Å². The van der Waals surface area contributed by atoms with Gasteiger partial charge in [0, 0.05) is 11.4 Å². The fourth-order valence-corrected chi connectivity index (χ4v) is 1.94. The van der Waals surface area contributed by atoms with E-state index in [4.69, 9.17) is 0 Å². The summed E-state index contributed by atoms with van der Waals surface area (Å²) in [7, 11) is 0. The van der Waals surface area contributed by atoms with Gasteiger partial charge in [0.05, 0.1) is 0 Å². The smallest absolute Gasteiger partial charge is 0.123 e. The van der Waals surface area contributed by atoms with Crippen molar-refractivity contribution in [1.82, 2.24) is 4.98 Å². The molecule has 3 aromatic rings. The third-order valence-electron chi connectivity index (χ3n) is 2.89. The molecular weight excluding hydrogens is 239 g/mol. The number of rotatable bonds is 3. The minimum absolute atomic E-state index is 0.234. The summed E-state index contributed by atoms with van der Waals surface area (Å²) < 4.78 is 12.8. The van der Waals surface area contributed by atoms with Crippen LogP contribution >= 0.6 is 0 Å². The van der Waals surface area contributed by atoms with Crippen LogP contribution < -0.4 is 5.32 Å². The molecular formula is C16H13FN2. The molecule has 0 radical (unpaired) electrons. The molecule has 0 atom stereocenters. The van der Waals surface area contributed by atoms with Gasteiger partial charge < -0.3 is 10.3 Å². The lowest BCUT2D eigenvalue weighted by Crippen LogP contribution is -1.90. The summed E-state index contributed by atoms with van der Waals surface area (Å²) in [6, 6.07) is 20.4. The predicted octanol–water partition coefficient (Wildman–Crippen LogP) is 4.56. The number of benzene rings is 2. The van der Waals surface area contributed by atoms with Crippen LogP contribution in [0.1, 0.15) is 0 Å². The zero-order valence-electron chi connectivity index (χ0n) is 10.2. The Labute approximate surface area is 110 Å². The Balaban J connectivity index is 1.80. The van der Waals surface area contributed by atoms with Crippen molar-refractivity contribution < 1.29 is 4.39 Å². The molecule has 2 N–H and O–H groups in total. The highest BCUT2D eigenvalue weighted by molar-refractivity contribution is 5.65. The van der Waals surface area contributed by atoms with Gasteiger partial charge in [-0.05, 0) is 42.0 Å². The van der Waals surface area contributed by atoms with Crippen LogP contribution in [0.15, 0.2) is 66.7 Å². The zero-order valence-corrected chi connectivity index (χ0v) is 10.2. The normalized spacial score (nSPS) is 10.4. The Morgan fingerprint density at radius 3 is 2.26 bits per heavy atom. The maximum atomic E-state index is 12.8. The van der Waals surface area contributed by atoms with Gasteiger partial charge in [-0.3, -0.25) is 0 Å². The summed E-state index contributed by atoms with van der Waals surface area (Å²) >= 11 is 0. The molecule has 94 valence electrons. The lowest BCUT2D eigenvalue weighted by atomic mass is 10.2. The summed E-state index contributed by atoms with van der Waals surface area (Å²) in [4.78, 5) is 3.29. The zero-order chi connectivity index (χ0) is 13.1. The van der Waals surface area contributed by atoms with E-state index in [1.165, 1.54) is 12.1 Å². The van der Waals surface area contributed by atoms with Crippen molar-refractivity contribution in [2.45, 2.75) is 0 Å². The van der Waals surface area contributed by atoms with E-state index in [-0.39, 0.29) is 5.82 Å². The van der Waals surface area contributed by atoms with Crippen LogP contribution in [0, 0.1) is 5.82 Å². The van der Waals surface area contributed by atoms with E-state index in [9.17, 15) is 4.39 Å². The standard InChI is InChI=1S/C16H13FN2/c17-13-6-8-14(9-7-13)18-16-11-10-15(19-16)12-4-2-1-3-5-12/h1-11,18-19H. The fourth-order valence-electron chi connectivity index (χ4n) is 1.94. The Bertz CT molecular complexity index is 657. The van der Waals surface area contributed by atoms with Crippen molar-refractivity contribution in [1.29, 1.82) is 0 Å². The van der Waals surface area contributed by atoms with E-state index in [0.717, 1.165) is 22.8 Å². The van der Waals surface area contributed by atoms with Crippen LogP contribution in [0.5, 0.6) is 0 Å². The number of nitrogens with one attached hydrogen (secondary N) is 2. The van der Waals surface area contributed by atoms with Crippen molar-refractivity contribution in [3.8, 4) is 11.3 Å². The molecule has 0 aliphatic heterocycles.